The summed E-state index contributed by atoms with van der Waals surface area (Å²) in [6.45, 7) is 4.88. The van der Waals surface area contributed by atoms with Crippen molar-refractivity contribution >= 4 is 28.8 Å². The molecule has 7 heteroatoms. The van der Waals surface area contributed by atoms with Gasteiger partial charge in [-0.15, -0.1) is 0 Å². The van der Waals surface area contributed by atoms with Gasteiger partial charge in [0.25, 0.3) is 5.91 Å². The fourth-order valence-electron chi connectivity index (χ4n) is 3.06. The van der Waals surface area contributed by atoms with Crippen LogP contribution in [0.5, 0.6) is 0 Å². The zero-order valence-corrected chi connectivity index (χ0v) is 15.6. The number of carbonyl (C=O) groups is 1. The van der Waals surface area contributed by atoms with Crippen molar-refractivity contribution in [3.8, 4) is 0 Å². The first-order chi connectivity index (χ1) is 12.5. The Morgan fingerprint density at radius 3 is 2.92 bits per heavy atom. The quantitative estimate of drug-likeness (QED) is 0.780. The Balaban J connectivity index is 1.82. The van der Waals surface area contributed by atoms with Crippen LogP contribution in [0.2, 0.25) is 0 Å². The summed E-state index contributed by atoms with van der Waals surface area (Å²) in [6, 6.07) is 5.97. The van der Waals surface area contributed by atoms with E-state index in [-0.39, 0.29) is 11.9 Å². The first kappa shape index (κ1) is 18.1. The maximum Gasteiger partial charge on any atom is 0.279 e. The van der Waals surface area contributed by atoms with Crippen LogP contribution >= 0.6 is 0 Å². The lowest BCUT2D eigenvalue weighted by Gasteiger charge is -2.23. The highest BCUT2D eigenvalue weighted by molar-refractivity contribution is 6.13. The number of amides is 1. The van der Waals surface area contributed by atoms with Crippen molar-refractivity contribution in [3.05, 3.63) is 35.7 Å². The van der Waals surface area contributed by atoms with Gasteiger partial charge in [-0.3, -0.25) is 14.8 Å². The third kappa shape index (κ3) is 3.94. The molecule has 1 amide bonds. The van der Waals surface area contributed by atoms with Crippen LogP contribution in [0.15, 0.2) is 35.1 Å². The molecule has 7 nitrogen and oxygen atoms in total. The van der Waals surface area contributed by atoms with Crippen LogP contribution in [0.3, 0.4) is 0 Å². The molecule has 0 spiro atoms. The number of nitrogens with one attached hydrogen (secondary N) is 2. The second kappa shape index (κ2) is 7.70. The van der Waals surface area contributed by atoms with E-state index in [0.717, 1.165) is 22.9 Å². The average Bonchev–Trinajstić information content (AvgIpc) is 3.15. The van der Waals surface area contributed by atoms with Gasteiger partial charge < -0.3 is 10.1 Å². The maximum atomic E-state index is 12.5. The van der Waals surface area contributed by atoms with Crippen LogP contribution in [0, 0.1) is 5.92 Å². The molecule has 1 aromatic heterocycles. The smallest absolute Gasteiger partial charge is 0.279 e. The lowest BCUT2D eigenvalue weighted by atomic mass is 10.0. The Morgan fingerprint density at radius 1 is 1.38 bits per heavy atom. The van der Waals surface area contributed by atoms with Gasteiger partial charge in [0.2, 0.25) is 5.96 Å². The minimum Gasteiger partial charge on any atom is -0.383 e. The van der Waals surface area contributed by atoms with Crippen molar-refractivity contribution < 1.29 is 9.53 Å². The number of aliphatic imine (C=N–C) groups is 1. The van der Waals surface area contributed by atoms with E-state index >= 15 is 0 Å². The van der Waals surface area contributed by atoms with Gasteiger partial charge in [-0.25, -0.2) is 4.99 Å². The third-order valence-electron chi connectivity index (χ3n) is 4.29. The van der Waals surface area contributed by atoms with Crippen LogP contribution < -0.4 is 5.32 Å². The molecule has 0 unspecified atom stereocenters. The lowest BCUT2D eigenvalue weighted by molar-refractivity contribution is -0.121. The summed E-state index contributed by atoms with van der Waals surface area (Å²) in [5, 5.41) is 11.3. The van der Waals surface area contributed by atoms with Gasteiger partial charge in [-0.05, 0) is 36.1 Å². The molecule has 1 atom stereocenters. The Morgan fingerprint density at radius 2 is 2.19 bits per heavy atom. The van der Waals surface area contributed by atoms with Crippen LogP contribution in [0.25, 0.3) is 17.0 Å². The number of guanidine groups is 1. The predicted octanol–water partition coefficient (Wildman–Crippen LogP) is 2.38. The van der Waals surface area contributed by atoms with Gasteiger partial charge in [0.05, 0.1) is 24.4 Å². The lowest BCUT2D eigenvalue weighted by Crippen LogP contribution is -2.45. The van der Waals surface area contributed by atoms with Crippen LogP contribution in [-0.4, -0.2) is 53.8 Å². The number of H-pyrrole nitrogens is 1. The van der Waals surface area contributed by atoms with Gasteiger partial charge >= 0.3 is 0 Å². The SMILES string of the molecule is COC[C@@H](CC(C)C)NC1=N/C(=C\c2ccc3[nH]ncc3c2)C(=O)N1C. The number of nitrogens with zero attached hydrogens (tertiary/aromatic N) is 3. The molecular formula is C19H25N5O2. The van der Waals surface area contributed by atoms with Gasteiger partial charge in [-0.2, -0.15) is 5.10 Å². The highest BCUT2D eigenvalue weighted by Crippen LogP contribution is 2.20. The number of carbonyl (C=O) groups excluding carboxylic acids is 1. The molecule has 138 valence electrons. The minimum atomic E-state index is -0.125. The standard InChI is InChI=1S/C19H25N5O2/c1-12(2)7-15(11-26-4)21-19-22-17(18(25)24(19)3)9-13-5-6-16-14(8-13)10-20-23-16/h5-6,8-10,12,15H,7,11H2,1-4H3,(H,20,23)(H,21,22)/b17-9-/t15-/m1/s1. The number of hydrogen-bond acceptors (Lipinski definition) is 5. The van der Waals surface area contributed by atoms with Crippen molar-refractivity contribution in [2.24, 2.45) is 10.9 Å². The summed E-state index contributed by atoms with van der Waals surface area (Å²) in [5.74, 6) is 0.955. The van der Waals surface area contributed by atoms with E-state index in [1.807, 2.05) is 18.2 Å². The Hall–Kier alpha value is -2.67. The van der Waals surface area contributed by atoms with Crippen molar-refractivity contribution in [1.82, 2.24) is 20.4 Å². The van der Waals surface area contributed by atoms with Crippen LogP contribution in [0.1, 0.15) is 25.8 Å². The molecular weight excluding hydrogens is 330 g/mol. The number of likely N-dealkylation sites (N-methyl/N-ethyl adjacent to an activating group) is 1. The van der Waals surface area contributed by atoms with E-state index in [1.54, 1.807) is 31.3 Å². The molecule has 26 heavy (non-hydrogen) atoms. The van der Waals surface area contributed by atoms with Crippen molar-refractivity contribution in [2.75, 3.05) is 20.8 Å². The van der Waals surface area contributed by atoms with Crippen LogP contribution in [0.4, 0.5) is 0 Å². The Labute approximate surface area is 153 Å². The van der Waals surface area contributed by atoms with E-state index in [0.29, 0.717) is 24.2 Å². The number of hydrogen-bond donors (Lipinski definition) is 2. The number of benzene rings is 1. The molecule has 0 saturated heterocycles. The van der Waals surface area contributed by atoms with E-state index in [4.69, 9.17) is 4.74 Å². The third-order valence-corrected chi connectivity index (χ3v) is 4.29. The number of rotatable bonds is 6. The minimum absolute atomic E-state index is 0.107. The summed E-state index contributed by atoms with van der Waals surface area (Å²) >= 11 is 0. The second-order valence-corrected chi connectivity index (χ2v) is 6.97. The average molecular weight is 355 g/mol. The Kier molecular flexibility index (Phi) is 5.37. The molecule has 1 aromatic carbocycles. The molecule has 2 heterocycles. The van der Waals surface area contributed by atoms with Crippen molar-refractivity contribution in [3.63, 3.8) is 0 Å². The molecule has 3 rings (SSSR count). The van der Waals surface area contributed by atoms with Crippen molar-refractivity contribution in [1.29, 1.82) is 0 Å². The van der Waals surface area contributed by atoms with E-state index in [9.17, 15) is 4.79 Å². The Bertz CT molecular complexity index is 852. The van der Waals surface area contributed by atoms with Gasteiger partial charge in [0.1, 0.15) is 5.70 Å². The second-order valence-electron chi connectivity index (χ2n) is 6.97. The van der Waals surface area contributed by atoms with Gasteiger partial charge in [0, 0.05) is 19.5 Å². The molecule has 0 aliphatic carbocycles. The van der Waals surface area contributed by atoms with Gasteiger partial charge in [-0.1, -0.05) is 19.9 Å². The molecule has 2 aromatic rings. The normalized spacial score (nSPS) is 17.4. The number of aromatic nitrogens is 2. The zero-order valence-electron chi connectivity index (χ0n) is 15.6. The molecule has 0 bridgehead atoms. The van der Waals surface area contributed by atoms with Crippen LogP contribution in [-0.2, 0) is 9.53 Å². The molecule has 0 radical (unpaired) electrons. The van der Waals surface area contributed by atoms with E-state index in [1.165, 1.54) is 0 Å². The summed E-state index contributed by atoms with van der Waals surface area (Å²) in [5.41, 5.74) is 2.29. The fourth-order valence-corrected chi connectivity index (χ4v) is 3.06. The first-order valence-corrected chi connectivity index (χ1v) is 8.75. The zero-order chi connectivity index (χ0) is 18.7. The summed E-state index contributed by atoms with van der Waals surface area (Å²) in [4.78, 5) is 18.6. The number of aromatic amines is 1. The molecule has 1 aliphatic heterocycles. The predicted molar refractivity (Wildman–Crippen MR) is 103 cm³/mol. The largest absolute Gasteiger partial charge is 0.383 e. The number of fused-ring (bicyclic) bond motifs is 1. The summed E-state index contributed by atoms with van der Waals surface area (Å²) < 4.78 is 5.29. The number of ether oxygens (including phenoxy) is 1. The number of methoxy groups -OCH3 is 1. The fraction of sp³-hybridized carbons (Fsp3) is 0.421. The highest BCUT2D eigenvalue weighted by Gasteiger charge is 2.28. The monoisotopic (exact) mass is 355 g/mol. The summed E-state index contributed by atoms with van der Waals surface area (Å²) in [7, 11) is 3.41. The summed E-state index contributed by atoms with van der Waals surface area (Å²) in [6.07, 6.45) is 4.50. The molecule has 0 saturated carbocycles. The maximum absolute atomic E-state index is 12.5. The van der Waals surface area contributed by atoms with Gasteiger partial charge in [0.15, 0.2) is 0 Å². The van der Waals surface area contributed by atoms with E-state index < -0.39 is 0 Å². The first-order valence-electron chi connectivity index (χ1n) is 8.75. The molecule has 0 fully saturated rings. The molecule has 1 aliphatic rings. The van der Waals surface area contributed by atoms with Crippen molar-refractivity contribution in [2.45, 2.75) is 26.3 Å². The van der Waals surface area contributed by atoms with E-state index in [2.05, 4.69) is 34.4 Å². The topological polar surface area (TPSA) is 82.6 Å². The molecule has 2 N–H and O–H groups in total. The highest BCUT2D eigenvalue weighted by atomic mass is 16.5.